The molecule has 0 radical (unpaired) electrons. The van der Waals surface area contributed by atoms with Gasteiger partial charge < -0.3 is 10.1 Å². The first-order valence-electron chi connectivity index (χ1n) is 7.34. The van der Waals surface area contributed by atoms with E-state index in [1.165, 1.54) is 16.2 Å². The van der Waals surface area contributed by atoms with E-state index in [9.17, 15) is 9.59 Å². The highest BCUT2D eigenvalue weighted by molar-refractivity contribution is 7.08. The van der Waals surface area contributed by atoms with Crippen LogP contribution in [-0.4, -0.2) is 30.0 Å². The summed E-state index contributed by atoms with van der Waals surface area (Å²) in [6.45, 7) is 2.05. The topological polar surface area (TPSA) is 82.4 Å². The molecule has 3 rings (SSSR count). The predicted molar refractivity (Wildman–Crippen MR) is 88.6 cm³/mol. The van der Waals surface area contributed by atoms with Crippen LogP contribution < -0.4 is 10.1 Å². The molecule has 1 fully saturated rings. The van der Waals surface area contributed by atoms with Gasteiger partial charge >= 0.3 is 6.03 Å². The number of nitrogens with one attached hydrogen (secondary N) is 1. The molecule has 1 aliphatic rings. The van der Waals surface area contributed by atoms with Crippen LogP contribution in [0.2, 0.25) is 0 Å². The first-order chi connectivity index (χ1) is 11.5. The third-order valence-electron chi connectivity index (χ3n) is 3.94. The number of hydrogen-bond donors (Lipinski definition) is 1. The van der Waals surface area contributed by atoms with Gasteiger partial charge in [0.15, 0.2) is 0 Å². The Morgan fingerprint density at radius 3 is 2.67 bits per heavy atom. The summed E-state index contributed by atoms with van der Waals surface area (Å²) >= 11 is 1.48. The molecule has 7 heteroatoms. The maximum Gasteiger partial charge on any atom is 0.325 e. The maximum absolute atomic E-state index is 12.6. The van der Waals surface area contributed by atoms with Gasteiger partial charge in [-0.2, -0.15) is 16.6 Å². The van der Waals surface area contributed by atoms with E-state index in [4.69, 9.17) is 10.00 Å². The van der Waals surface area contributed by atoms with Gasteiger partial charge in [0.1, 0.15) is 17.9 Å². The highest BCUT2D eigenvalue weighted by Crippen LogP contribution is 2.30. The Kier molecular flexibility index (Phi) is 4.23. The van der Waals surface area contributed by atoms with E-state index in [0.717, 1.165) is 5.56 Å². The van der Waals surface area contributed by atoms with Crippen LogP contribution in [0.5, 0.6) is 5.75 Å². The zero-order valence-corrected chi connectivity index (χ0v) is 13.8. The molecular weight excluding hydrogens is 326 g/mol. The molecule has 1 aliphatic heterocycles. The lowest BCUT2D eigenvalue weighted by molar-refractivity contribution is -0.131. The Hall–Kier alpha value is -2.85. The SMILES string of the molecule is CC1(c2ccsc2)NC(=O)N(CCOc2ccc(C#N)cc2)C1=O. The minimum Gasteiger partial charge on any atom is -0.492 e. The molecule has 1 atom stereocenters. The van der Waals surface area contributed by atoms with Crippen molar-refractivity contribution in [2.45, 2.75) is 12.5 Å². The van der Waals surface area contributed by atoms with E-state index >= 15 is 0 Å². The zero-order chi connectivity index (χ0) is 17.2. The highest BCUT2D eigenvalue weighted by atomic mass is 32.1. The van der Waals surface area contributed by atoms with Crippen molar-refractivity contribution in [1.82, 2.24) is 10.2 Å². The van der Waals surface area contributed by atoms with E-state index in [1.807, 2.05) is 22.9 Å². The van der Waals surface area contributed by atoms with Gasteiger partial charge in [-0.25, -0.2) is 4.79 Å². The van der Waals surface area contributed by atoms with Crippen LogP contribution in [0.15, 0.2) is 41.1 Å². The zero-order valence-electron chi connectivity index (χ0n) is 13.0. The van der Waals surface area contributed by atoms with Gasteiger partial charge in [0, 0.05) is 0 Å². The second kappa shape index (κ2) is 6.34. The average Bonchev–Trinajstić information content (AvgIpc) is 3.19. The number of ether oxygens (including phenoxy) is 1. The molecule has 1 aromatic carbocycles. The third kappa shape index (κ3) is 2.84. The molecular formula is C17H15N3O3S. The molecule has 1 N–H and O–H groups in total. The van der Waals surface area contributed by atoms with Crippen molar-refractivity contribution in [3.05, 3.63) is 52.2 Å². The number of urea groups is 1. The largest absolute Gasteiger partial charge is 0.492 e. The lowest BCUT2D eigenvalue weighted by Crippen LogP contribution is -2.41. The van der Waals surface area contributed by atoms with Crippen LogP contribution in [0.4, 0.5) is 4.79 Å². The third-order valence-corrected chi connectivity index (χ3v) is 4.62. The first kappa shape index (κ1) is 16.0. The van der Waals surface area contributed by atoms with Crippen LogP contribution in [0.3, 0.4) is 0 Å². The predicted octanol–water partition coefficient (Wildman–Crippen LogP) is 2.47. The Bertz CT molecular complexity index is 795. The minimum absolute atomic E-state index is 0.157. The van der Waals surface area contributed by atoms with E-state index < -0.39 is 11.6 Å². The van der Waals surface area contributed by atoms with E-state index in [1.54, 1.807) is 31.2 Å². The van der Waals surface area contributed by atoms with Crippen LogP contribution in [-0.2, 0) is 10.3 Å². The summed E-state index contributed by atoms with van der Waals surface area (Å²) in [5, 5.41) is 15.2. The van der Waals surface area contributed by atoms with E-state index in [2.05, 4.69) is 5.32 Å². The molecule has 122 valence electrons. The van der Waals surface area contributed by atoms with Crippen molar-refractivity contribution in [3.63, 3.8) is 0 Å². The monoisotopic (exact) mass is 341 g/mol. The van der Waals surface area contributed by atoms with Crippen molar-refractivity contribution in [2.75, 3.05) is 13.2 Å². The number of nitrogens with zero attached hydrogens (tertiary/aromatic N) is 2. The summed E-state index contributed by atoms with van der Waals surface area (Å²) in [7, 11) is 0. The van der Waals surface area contributed by atoms with Gasteiger partial charge in [0.05, 0.1) is 18.2 Å². The summed E-state index contributed by atoms with van der Waals surface area (Å²) in [6.07, 6.45) is 0. The van der Waals surface area contributed by atoms with Crippen molar-refractivity contribution in [3.8, 4) is 11.8 Å². The van der Waals surface area contributed by atoms with Crippen LogP contribution in [0, 0.1) is 11.3 Å². The number of carbonyl (C=O) groups is 2. The number of thiophene rings is 1. The summed E-state index contributed by atoms with van der Waals surface area (Å²) in [6, 6.07) is 10.1. The van der Waals surface area contributed by atoms with Gasteiger partial charge in [-0.15, -0.1) is 0 Å². The second-order valence-corrected chi connectivity index (χ2v) is 6.29. The molecule has 2 heterocycles. The molecule has 6 nitrogen and oxygen atoms in total. The Balaban J connectivity index is 1.62. The lowest BCUT2D eigenvalue weighted by Gasteiger charge is -2.20. The average molecular weight is 341 g/mol. The van der Waals surface area contributed by atoms with Gasteiger partial charge in [-0.1, -0.05) is 0 Å². The summed E-state index contributed by atoms with van der Waals surface area (Å²) in [5.74, 6) is 0.302. The number of rotatable bonds is 5. The van der Waals surface area contributed by atoms with Crippen LogP contribution >= 0.6 is 11.3 Å². The van der Waals surface area contributed by atoms with E-state index in [-0.39, 0.29) is 19.1 Å². The molecule has 0 aliphatic carbocycles. The minimum atomic E-state index is -1.02. The molecule has 1 aromatic heterocycles. The number of benzene rings is 1. The lowest BCUT2D eigenvalue weighted by atomic mass is 9.95. The van der Waals surface area contributed by atoms with Gasteiger partial charge in [0.2, 0.25) is 0 Å². The molecule has 0 bridgehead atoms. The first-order valence-corrected chi connectivity index (χ1v) is 8.28. The number of amides is 3. The molecule has 3 amide bonds. The number of nitriles is 1. The fourth-order valence-electron chi connectivity index (χ4n) is 2.53. The number of carbonyl (C=O) groups excluding carboxylic acids is 2. The fourth-order valence-corrected chi connectivity index (χ4v) is 3.29. The fraction of sp³-hybridized carbons (Fsp3) is 0.235. The second-order valence-electron chi connectivity index (χ2n) is 5.51. The van der Waals surface area contributed by atoms with Gasteiger partial charge in [-0.3, -0.25) is 9.69 Å². The van der Waals surface area contributed by atoms with Gasteiger partial charge in [-0.05, 0) is 53.6 Å². The smallest absolute Gasteiger partial charge is 0.325 e. The molecule has 1 saturated heterocycles. The van der Waals surface area contributed by atoms with Crippen LogP contribution in [0.25, 0.3) is 0 Å². The Labute approximate surface area is 143 Å². The summed E-state index contributed by atoms with van der Waals surface area (Å²) in [5.41, 5.74) is 0.301. The van der Waals surface area contributed by atoms with Crippen molar-refractivity contribution in [1.29, 1.82) is 5.26 Å². The maximum atomic E-state index is 12.6. The summed E-state index contributed by atoms with van der Waals surface area (Å²) < 4.78 is 5.54. The van der Waals surface area contributed by atoms with Crippen LogP contribution in [0.1, 0.15) is 18.1 Å². The summed E-state index contributed by atoms with van der Waals surface area (Å²) in [4.78, 5) is 25.9. The normalized spacial score (nSPS) is 19.9. The molecule has 24 heavy (non-hydrogen) atoms. The van der Waals surface area contributed by atoms with Crippen molar-refractivity contribution >= 4 is 23.3 Å². The number of hydrogen-bond acceptors (Lipinski definition) is 5. The molecule has 1 unspecified atom stereocenters. The molecule has 0 saturated carbocycles. The highest BCUT2D eigenvalue weighted by Gasteiger charge is 2.48. The van der Waals surface area contributed by atoms with Crippen molar-refractivity contribution < 1.29 is 14.3 Å². The Morgan fingerprint density at radius 2 is 2.04 bits per heavy atom. The number of imide groups is 1. The van der Waals surface area contributed by atoms with E-state index in [0.29, 0.717) is 11.3 Å². The van der Waals surface area contributed by atoms with Gasteiger partial charge in [0.25, 0.3) is 5.91 Å². The van der Waals surface area contributed by atoms with Crippen molar-refractivity contribution in [2.24, 2.45) is 0 Å². The molecule has 2 aromatic rings. The standard InChI is InChI=1S/C17H15N3O3S/c1-17(13-6-9-24-11-13)15(21)20(16(22)19-17)7-8-23-14-4-2-12(10-18)3-5-14/h2-6,9,11H,7-8H2,1H3,(H,19,22). The molecule has 0 spiro atoms. The Morgan fingerprint density at radius 1 is 1.29 bits per heavy atom. The quantitative estimate of drug-likeness (QED) is 0.847.